The fourth-order valence-corrected chi connectivity index (χ4v) is 2.51. The van der Waals surface area contributed by atoms with Gasteiger partial charge < -0.3 is 4.90 Å². The molecular weight excluding hydrogens is 254 g/mol. The summed E-state index contributed by atoms with van der Waals surface area (Å²) in [5.41, 5.74) is 2.11. The molecule has 0 aliphatic carbocycles. The number of nitrogens with zero attached hydrogens (tertiary/aromatic N) is 1. The molecule has 1 amide bonds. The lowest BCUT2D eigenvalue weighted by atomic mass is 10.2. The fraction of sp³-hybridized carbons (Fsp3) is 0.188. The van der Waals surface area contributed by atoms with E-state index in [1.807, 2.05) is 61.7 Å². The summed E-state index contributed by atoms with van der Waals surface area (Å²) in [6.07, 6.45) is 3.50. The molecule has 0 saturated heterocycles. The molecule has 2 nitrogen and oxygen atoms in total. The highest BCUT2D eigenvalue weighted by Gasteiger charge is 2.10. The van der Waals surface area contributed by atoms with Crippen LogP contribution in [0.15, 0.2) is 47.9 Å². The van der Waals surface area contributed by atoms with Gasteiger partial charge in [-0.25, -0.2) is 0 Å². The molecule has 0 saturated carbocycles. The van der Waals surface area contributed by atoms with Gasteiger partial charge in [0.05, 0.1) is 0 Å². The van der Waals surface area contributed by atoms with Gasteiger partial charge in [0.25, 0.3) is 5.91 Å². The number of carbonyl (C=O) groups excluding carboxylic acids is 1. The number of amides is 1. The van der Waals surface area contributed by atoms with Gasteiger partial charge in [-0.05, 0) is 49.1 Å². The number of rotatable bonds is 4. The van der Waals surface area contributed by atoms with E-state index in [9.17, 15) is 4.79 Å². The summed E-state index contributed by atoms with van der Waals surface area (Å²) < 4.78 is 0. The minimum Gasteiger partial charge on any atom is -0.309 e. The van der Waals surface area contributed by atoms with Crippen molar-refractivity contribution in [1.82, 2.24) is 0 Å². The normalized spacial score (nSPS) is 10.8. The van der Waals surface area contributed by atoms with E-state index in [1.54, 1.807) is 22.3 Å². The Morgan fingerprint density at radius 2 is 2.16 bits per heavy atom. The Kier molecular flexibility index (Phi) is 4.53. The number of likely N-dealkylation sites (N-methyl/N-ethyl adjacent to an activating group) is 1. The Bertz CT molecular complexity index is 572. The van der Waals surface area contributed by atoms with Crippen LogP contribution in [0.4, 0.5) is 5.69 Å². The number of thiophene rings is 1. The van der Waals surface area contributed by atoms with Gasteiger partial charge in [0.15, 0.2) is 0 Å². The number of hydrogen-bond donors (Lipinski definition) is 0. The first-order valence-corrected chi connectivity index (χ1v) is 7.18. The minimum atomic E-state index is 0.0153. The summed E-state index contributed by atoms with van der Waals surface area (Å²) in [7, 11) is 0. The Labute approximate surface area is 118 Å². The molecule has 0 radical (unpaired) electrons. The van der Waals surface area contributed by atoms with E-state index in [4.69, 9.17) is 0 Å². The van der Waals surface area contributed by atoms with Crippen molar-refractivity contribution >= 4 is 29.0 Å². The van der Waals surface area contributed by atoms with Crippen molar-refractivity contribution in [3.05, 3.63) is 58.3 Å². The monoisotopic (exact) mass is 271 g/mol. The molecule has 3 heteroatoms. The van der Waals surface area contributed by atoms with Crippen molar-refractivity contribution in [2.75, 3.05) is 11.4 Å². The summed E-state index contributed by atoms with van der Waals surface area (Å²) in [6, 6.07) is 12.0. The molecule has 2 aromatic rings. The summed E-state index contributed by atoms with van der Waals surface area (Å²) >= 11 is 1.62. The summed E-state index contributed by atoms with van der Waals surface area (Å²) in [5, 5.41) is 2.00. The average molecular weight is 271 g/mol. The molecule has 0 aliphatic rings. The van der Waals surface area contributed by atoms with Gasteiger partial charge in [0.2, 0.25) is 0 Å². The van der Waals surface area contributed by atoms with Crippen molar-refractivity contribution in [3.8, 4) is 0 Å². The molecule has 1 aromatic carbocycles. The lowest BCUT2D eigenvalue weighted by molar-refractivity contribution is -0.114. The largest absolute Gasteiger partial charge is 0.309 e. The van der Waals surface area contributed by atoms with Gasteiger partial charge in [-0.1, -0.05) is 18.2 Å². The molecule has 0 atom stereocenters. The molecule has 0 N–H and O–H groups in total. The maximum absolute atomic E-state index is 12.2. The summed E-state index contributed by atoms with van der Waals surface area (Å²) in [4.78, 5) is 15.1. The van der Waals surface area contributed by atoms with Crippen molar-refractivity contribution in [3.63, 3.8) is 0 Å². The average Bonchev–Trinajstić information content (AvgIpc) is 2.90. The number of aryl methyl sites for hydroxylation is 1. The molecule has 19 heavy (non-hydrogen) atoms. The van der Waals surface area contributed by atoms with E-state index >= 15 is 0 Å². The van der Waals surface area contributed by atoms with Crippen LogP contribution in [0.25, 0.3) is 6.08 Å². The third-order valence-corrected chi connectivity index (χ3v) is 3.67. The molecular formula is C16H17NOS. The van der Waals surface area contributed by atoms with E-state index < -0.39 is 0 Å². The summed E-state index contributed by atoms with van der Waals surface area (Å²) in [6.45, 7) is 4.68. The molecule has 0 bridgehead atoms. The molecule has 1 aromatic heterocycles. The third kappa shape index (κ3) is 3.55. The zero-order valence-corrected chi connectivity index (χ0v) is 12.0. The van der Waals surface area contributed by atoms with E-state index in [-0.39, 0.29) is 5.91 Å². The van der Waals surface area contributed by atoms with E-state index in [0.29, 0.717) is 6.54 Å². The Hall–Kier alpha value is -1.87. The first kappa shape index (κ1) is 13.6. The van der Waals surface area contributed by atoms with Crippen LogP contribution in [-0.2, 0) is 4.79 Å². The van der Waals surface area contributed by atoms with E-state index in [1.165, 1.54) is 0 Å². The zero-order valence-electron chi connectivity index (χ0n) is 11.2. The molecule has 0 fully saturated rings. The van der Waals surface area contributed by atoms with E-state index in [2.05, 4.69) is 0 Å². The molecule has 1 heterocycles. The van der Waals surface area contributed by atoms with Crippen molar-refractivity contribution < 1.29 is 4.79 Å². The lowest BCUT2D eigenvalue weighted by Gasteiger charge is -2.19. The molecule has 98 valence electrons. The minimum absolute atomic E-state index is 0.0153. The first-order valence-electron chi connectivity index (χ1n) is 6.30. The zero-order chi connectivity index (χ0) is 13.7. The second kappa shape index (κ2) is 6.34. The Morgan fingerprint density at radius 1 is 1.32 bits per heavy atom. The highest BCUT2D eigenvalue weighted by atomic mass is 32.1. The second-order valence-corrected chi connectivity index (χ2v) is 5.25. The van der Waals surface area contributed by atoms with Crippen LogP contribution in [0.5, 0.6) is 0 Å². The van der Waals surface area contributed by atoms with Gasteiger partial charge in [0.1, 0.15) is 0 Å². The maximum atomic E-state index is 12.2. The smallest absolute Gasteiger partial charge is 0.251 e. The molecule has 0 spiro atoms. The number of carbonyl (C=O) groups is 1. The number of hydrogen-bond acceptors (Lipinski definition) is 2. The maximum Gasteiger partial charge on any atom is 0.251 e. The molecule has 0 aliphatic heterocycles. The standard InChI is InChI=1S/C16H17NOS/c1-3-17(14-7-4-6-13(2)12-14)16(18)10-9-15-8-5-11-19-15/h4-12H,3H2,1-2H3/b10-9+. The van der Waals surface area contributed by atoms with Crippen molar-refractivity contribution in [2.45, 2.75) is 13.8 Å². The predicted octanol–water partition coefficient (Wildman–Crippen LogP) is 4.12. The number of anilines is 1. The van der Waals surface area contributed by atoms with Crippen LogP contribution in [0.1, 0.15) is 17.4 Å². The van der Waals surface area contributed by atoms with Crippen LogP contribution >= 0.6 is 11.3 Å². The Balaban J connectivity index is 2.15. The quantitative estimate of drug-likeness (QED) is 0.766. The predicted molar refractivity (Wildman–Crippen MR) is 82.6 cm³/mol. The van der Waals surface area contributed by atoms with Crippen LogP contribution in [0, 0.1) is 6.92 Å². The SMILES string of the molecule is CCN(C(=O)/C=C/c1cccs1)c1cccc(C)c1. The van der Waals surface area contributed by atoms with Crippen LogP contribution < -0.4 is 4.90 Å². The van der Waals surface area contributed by atoms with Crippen LogP contribution in [0.2, 0.25) is 0 Å². The molecule has 0 unspecified atom stereocenters. The molecule has 2 rings (SSSR count). The lowest BCUT2D eigenvalue weighted by Crippen LogP contribution is -2.28. The van der Waals surface area contributed by atoms with Crippen molar-refractivity contribution in [1.29, 1.82) is 0 Å². The van der Waals surface area contributed by atoms with Crippen LogP contribution in [-0.4, -0.2) is 12.5 Å². The van der Waals surface area contributed by atoms with Crippen LogP contribution in [0.3, 0.4) is 0 Å². The van der Waals surface area contributed by atoms with Gasteiger partial charge in [0, 0.05) is 23.2 Å². The topological polar surface area (TPSA) is 20.3 Å². The highest BCUT2D eigenvalue weighted by Crippen LogP contribution is 2.17. The highest BCUT2D eigenvalue weighted by molar-refractivity contribution is 7.10. The Morgan fingerprint density at radius 3 is 2.79 bits per heavy atom. The first-order chi connectivity index (χ1) is 9.20. The summed E-state index contributed by atoms with van der Waals surface area (Å²) in [5.74, 6) is 0.0153. The van der Waals surface area contributed by atoms with Gasteiger partial charge in [-0.15, -0.1) is 11.3 Å². The van der Waals surface area contributed by atoms with Gasteiger partial charge in [-0.2, -0.15) is 0 Å². The second-order valence-electron chi connectivity index (χ2n) is 4.27. The van der Waals surface area contributed by atoms with Gasteiger partial charge in [-0.3, -0.25) is 4.79 Å². The van der Waals surface area contributed by atoms with Crippen molar-refractivity contribution in [2.24, 2.45) is 0 Å². The van der Waals surface area contributed by atoms with Gasteiger partial charge >= 0.3 is 0 Å². The third-order valence-electron chi connectivity index (χ3n) is 2.83. The van der Waals surface area contributed by atoms with E-state index in [0.717, 1.165) is 16.1 Å². The fourth-order valence-electron chi connectivity index (χ4n) is 1.89. The number of benzene rings is 1.